The molecule has 0 aromatic heterocycles. The van der Waals surface area contributed by atoms with Crippen LogP contribution >= 0.6 is 0 Å². The van der Waals surface area contributed by atoms with Gasteiger partial charge in [-0.2, -0.15) is 0 Å². The van der Waals surface area contributed by atoms with Crippen LogP contribution in [0.1, 0.15) is 27.2 Å². The van der Waals surface area contributed by atoms with Crippen LogP contribution in [-0.4, -0.2) is 32.6 Å². The molecule has 0 aliphatic carbocycles. The summed E-state index contributed by atoms with van der Waals surface area (Å²) < 4.78 is 33.4. The molecule has 2 aromatic rings. The van der Waals surface area contributed by atoms with E-state index in [0.29, 0.717) is 0 Å². The molecule has 2 aromatic carbocycles. The third kappa shape index (κ3) is 4.35. The van der Waals surface area contributed by atoms with Crippen molar-refractivity contribution < 1.29 is 18.3 Å². The van der Waals surface area contributed by atoms with Gasteiger partial charge in [0.05, 0.1) is 0 Å². The second-order valence-electron chi connectivity index (χ2n) is 7.28. The highest BCUT2D eigenvalue weighted by molar-refractivity contribution is 6.99. The van der Waals surface area contributed by atoms with Crippen LogP contribution in [-0.2, 0) is 4.43 Å². The van der Waals surface area contributed by atoms with Crippen LogP contribution in [0.15, 0.2) is 60.7 Å². The molecule has 2 rings (SSSR count). The molecule has 0 fully saturated rings. The molecule has 0 atom stereocenters. The van der Waals surface area contributed by atoms with E-state index in [2.05, 4.69) is 20.8 Å². The van der Waals surface area contributed by atoms with Crippen molar-refractivity contribution in [1.29, 1.82) is 0 Å². The lowest BCUT2D eigenvalue weighted by molar-refractivity contribution is -0.0640. The molecular formula is C20H26F2O2Si. The predicted octanol–water partition coefficient (Wildman–Crippen LogP) is 3.58. The van der Waals surface area contributed by atoms with E-state index in [1.807, 2.05) is 60.7 Å². The fourth-order valence-corrected chi connectivity index (χ4v) is 7.76. The number of hydrogen-bond donors (Lipinski definition) is 1. The van der Waals surface area contributed by atoms with Gasteiger partial charge in [0.25, 0.3) is 14.2 Å². The fraction of sp³-hybridized carbons (Fsp3) is 0.400. The van der Waals surface area contributed by atoms with Crippen molar-refractivity contribution in [3.05, 3.63) is 60.7 Å². The Balaban J connectivity index is 2.49. The van der Waals surface area contributed by atoms with Crippen LogP contribution < -0.4 is 10.4 Å². The largest absolute Gasteiger partial charge is 0.407 e. The second-order valence-corrected chi connectivity index (χ2v) is 11.6. The lowest BCUT2D eigenvalue weighted by atomic mass is 10.2. The number of rotatable bonds is 7. The third-order valence-corrected chi connectivity index (χ3v) is 9.48. The van der Waals surface area contributed by atoms with E-state index in [1.165, 1.54) is 0 Å². The highest BCUT2D eigenvalue weighted by Gasteiger charge is 2.50. The Bertz CT molecular complexity index is 615. The smallest absolute Gasteiger partial charge is 0.272 e. The van der Waals surface area contributed by atoms with Crippen LogP contribution in [0.2, 0.25) is 5.04 Å². The van der Waals surface area contributed by atoms with E-state index < -0.39 is 27.3 Å². The Morgan fingerprint density at radius 2 is 1.32 bits per heavy atom. The first-order chi connectivity index (χ1) is 11.7. The maximum atomic E-state index is 13.5. The van der Waals surface area contributed by atoms with Crippen LogP contribution in [0.4, 0.5) is 8.78 Å². The molecule has 0 spiro atoms. The highest BCUT2D eigenvalue weighted by atomic mass is 28.4. The number of aliphatic hydroxyl groups is 1. The quantitative estimate of drug-likeness (QED) is 0.761. The van der Waals surface area contributed by atoms with Crippen molar-refractivity contribution in [2.75, 3.05) is 13.2 Å². The molecular weight excluding hydrogens is 338 g/mol. The summed E-state index contributed by atoms with van der Waals surface area (Å²) in [6.45, 7) is 5.05. The average Bonchev–Trinajstić information content (AvgIpc) is 2.59. The molecule has 0 saturated heterocycles. The summed E-state index contributed by atoms with van der Waals surface area (Å²) in [6.07, 6.45) is -0.492. The predicted molar refractivity (Wildman–Crippen MR) is 100 cm³/mol. The molecule has 25 heavy (non-hydrogen) atoms. The van der Waals surface area contributed by atoms with Gasteiger partial charge >= 0.3 is 0 Å². The molecule has 0 saturated carbocycles. The minimum atomic E-state index is -3.12. The Hall–Kier alpha value is -1.56. The number of alkyl halides is 2. The van der Waals surface area contributed by atoms with Crippen molar-refractivity contribution in [1.82, 2.24) is 0 Å². The van der Waals surface area contributed by atoms with Gasteiger partial charge in [0.1, 0.15) is 6.61 Å². The van der Waals surface area contributed by atoms with Gasteiger partial charge in [-0.3, -0.25) is 0 Å². The number of halogens is 2. The molecule has 0 radical (unpaired) electrons. The Morgan fingerprint density at radius 3 is 1.68 bits per heavy atom. The molecule has 2 nitrogen and oxygen atoms in total. The molecule has 5 heteroatoms. The lowest BCUT2D eigenvalue weighted by Gasteiger charge is -2.43. The molecule has 1 N–H and O–H groups in total. The van der Waals surface area contributed by atoms with Gasteiger partial charge in [-0.15, -0.1) is 0 Å². The lowest BCUT2D eigenvalue weighted by Crippen LogP contribution is -2.66. The SMILES string of the molecule is CC(C)(C)[Si](OCCC(F)(F)CO)(c1ccccc1)c1ccccc1. The van der Waals surface area contributed by atoms with Crippen LogP contribution in [0.25, 0.3) is 0 Å². The molecule has 0 heterocycles. The molecule has 0 unspecified atom stereocenters. The summed E-state index contributed by atoms with van der Waals surface area (Å²) in [5.41, 5.74) is 0. The van der Waals surface area contributed by atoms with E-state index in [0.717, 1.165) is 10.4 Å². The van der Waals surface area contributed by atoms with Gasteiger partial charge in [0.15, 0.2) is 0 Å². The molecule has 136 valence electrons. The maximum absolute atomic E-state index is 13.5. The van der Waals surface area contributed by atoms with Gasteiger partial charge in [-0.05, 0) is 15.4 Å². The van der Waals surface area contributed by atoms with Crippen molar-refractivity contribution >= 4 is 18.7 Å². The number of aliphatic hydroxyl groups excluding tert-OH is 1. The topological polar surface area (TPSA) is 29.5 Å². The summed E-state index contributed by atoms with van der Waals surface area (Å²) in [5.74, 6) is -3.12. The first-order valence-corrected chi connectivity index (χ1v) is 10.4. The van der Waals surface area contributed by atoms with Crippen molar-refractivity contribution in [2.24, 2.45) is 0 Å². The van der Waals surface area contributed by atoms with Crippen LogP contribution in [0, 0.1) is 0 Å². The molecule has 0 aliphatic heterocycles. The molecule has 0 amide bonds. The van der Waals surface area contributed by atoms with Gasteiger partial charge in [0.2, 0.25) is 0 Å². The van der Waals surface area contributed by atoms with E-state index in [1.54, 1.807) is 0 Å². The Kier molecular flexibility index (Phi) is 6.14. The monoisotopic (exact) mass is 364 g/mol. The summed E-state index contributed by atoms with van der Waals surface area (Å²) in [5, 5.41) is 10.7. The zero-order valence-corrected chi connectivity index (χ0v) is 16.0. The van der Waals surface area contributed by atoms with Crippen LogP contribution in [0.5, 0.6) is 0 Å². The minimum absolute atomic E-state index is 0.0964. The van der Waals surface area contributed by atoms with E-state index >= 15 is 0 Å². The van der Waals surface area contributed by atoms with Crippen molar-refractivity contribution in [3.63, 3.8) is 0 Å². The van der Waals surface area contributed by atoms with Gasteiger partial charge in [-0.1, -0.05) is 81.4 Å². The summed E-state index contributed by atoms with van der Waals surface area (Å²) in [4.78, 5) is 0. The van der Waals surface area contributed by atoms with Gasteiger partial charge in [-0.25, -0.2) is 8.78 Å². The van der Waals surface area contributed by atoms with Crippen LogP contribution in [0.3, 0.4) is 0 Å². The highest BCUT2D eigenvalue weighted by Crippen LogP contribution is 2.37. The summed E-state index contributed by atoms with van der Waals surface area (Å²) in [6, 6.07) is 19.8. The Morgan fingerprint density at radius 1 is 0.880 bits per heavy atom. The number of hydrogen-bond acceptors (Lipinski definition) is 2. The van der Waals surface area contributed by atoms with Gasteiger partial charge in [0, 0.05) is 13.0 Å². The summed E-state index contributed by atoms with van der Waals surface area (Å²) >= 11 is 0. The van der Waals surface area contributed by atoms with E-state index in [9.17, 15) is 8.78 Å². The average molecular weight is 365 g/mol. The first kappa shape index (κ1) is 19.8. The van der Waals surface area contributed by atoms with E-state index in [-0.39, 0.29) is 11.6 Å². The zero-order valence-electron chi connectivity index (χ0n) is 15.0. The minimum Gasteiger partial charge on any atom is -0.407 e. The zero-order chi connectivity index (χ0) is 18.6. The standard InChI is InChI=1S/C20H26F2O2Si/c1-19(2,3)25(17-10-6-4-7-11-17,18-12-8-5-9-13-18)24-15-14-20(21,22)16-23/h4-13,23H,14-16H2,1-3H3. The van der Waals surface area contributed by atoms with E-state index in [4.69, 9.17) is 9.53 Å². The molecule has 0 bridgehead atoms. The number of benzene rings is 2. The molecule has 0 aliphatic rings. The Labute approximate surface area is 149 Å². The fourth-order valence-electron chi connectivity index (χ4n) is 3.19. The maximum Gasteiger partial charge on any atom is 0.272 e. The summed E-state index contributed by atoms with van der Waals surface area (Å²) in [7, 11) is -2.78. The van der Waals surface area contributed by atoms with Crippen molar-refractivity contribution in [2.45, 2.75) is 38.2 Å². The third-order valence-electron chi connectivity index (χ3n) is 4.43. The second kappa shape index (κ2) is 7.77. The van der Waals surface area contributed by atoms with Gasteiger partial charge < -0.3 is 9.53 Å². The van der Waals surface area contributed by atoms with Crippen molar-refractivity contribution in [3.8, 4) is 0 Å². The normalized spacial score (nSPS) is 13.0. The first-order valence-electron chi connectivity index (χ1n) is 8.47.